The third-order valence-corrected chi connectivity index (χ3v) is 3.21. The maximum absolute atomic E-state index is 11.2. The third kappa shape index (κ3) is 4.65. The number of nitrogens with zero attached hydrogens (tertiary/aromatic N) is 1. The maximum atomic E-state index is 11.2. The van der Waals surface area contributed by atoms with Crippen molar-refractivity contribution in [2.24, 2.45) is 0 Å². The van der Waals surface area contributed by atoms with Crippen LogP contribution in [0.25, 0.3) is 0 Å². The monoisotopic (exact) mass is 243 g/mol. The first-order chi connectivity index (χ1) is 7.74. The van der Waals surface area contributed by atoms with E-state index in [1.54, 1.807) is 0 Å². The van der Waals surface area contributed by atoms with Crippen LogP contribution in [0.15, 0.2) is 14.6 Å². The molecule has 16 heavy (non-hydrogen) atoms. The van der Waals surface area contributed by atoms with Gasteiger partial charge in [-0.2, -0.15) is 5.10 Å². The van der Waals surface area contributed by atoms with Crippen LogP contribution in [0.5, 0.6) is 0 Å². The molecule has 0 saturated heterocycles. The number of nitrogens with one attached hydrogen (secondary N) is 2. The molecule has 0 atom stereocenters. The number of hydrogen-bond acceptors (Lipinski definition) is 4. The van der Waals surface area contributed by atoms with E-state index < -0.39 is 11.2 Å². The zero-order valence-corrected chi connectivity index (χ0v) is 10.2. The summed E-state index contributed by atoms with van der Waals surface area (Å²) in [5.41, 5.74) is -0.959. The molecule has 1 heterocycles. The summed E-state index contributed by atoms with van der Waals surface area (Å²) < 4.78 is 0. The largest absolute Gasteiger partial charge is 0.342 e. The molecule has 90 valence electrons. The molecule has 5 nitrogen and oxygen atoms in total. The number of thioether (sulfide) groups is 1. The van der Waals surface area contributed by atoms with Gasteiger partial charge in [0.05, 0.1) is 0 Å². The second-order valence-electron chi connectivity index (χ2n) is 3.57. The van der Waals surface area contributed by atoms with Gasteiger partial charge in [-0.3, -0.25) is 9.78 Å². The number of rotatable bonds is 7. The topological polar surface area (TPSA) is 78.6 Å². The molecule has 2 N–H and O–H groups in total. The zero-order chi connectivity index (χ0) is 11.8. The van der Waals surface area contributed by atoms with E-state index in [1.807, 2.05) is 0 Å². The number of H-pyrrole nitrogens is 2. The molecule has 0 saturated carbocycles. The lowest BCUT2D eigenvalue weighted by atomic mass is 10.2. The van der Waals surface area contributed by atoms with Gasteiger partial charge in [-0.25, -0.2) is 9.89 Å². The summed E-state index contributed by atoms with van der Waals surface area (Å²) in [6, 6.07) is 0. The molecule has 6 heteroatoms. The molecule has 0 radical (unpaired) electrons. The van der Waals surface area contributed by atoms with Crippen molar-refractivity contribution in [2.75, 3.05) is 5.75 Å². The van der Waals surface area contributed by atoms with E-state index in [2.05, 4.69) is 22.1 Å². The minimum Gasteiger partial charge on any atom is -0.271 e. The van der Waals surface area contributed by atoms with E-state index in [1.165, 1.54) is 37.4 Å². The Bertz CT molecular complexity index is 413. The first-order valence-corrected chi connectivity index (χ1v) is 6.54. The van der Waals surface area contributed by atoms with E-state index in [9.17, 15) is 9.59 Å². The van der Waals surface area contributed by atoms with Crippen LogP contribution < -0.4 is 11.2 Å². The Hall–Kier alpha value is -1.04. The van der Waals surface area contributed by atoms with Crippen LogP contribution >= 0.6 is 11.8 Å². The van der Waals surface area contributed by atoms with Gasteiger partial charge < -0.3 is 0 Å². The van der Waals surface area contributed by atoms with Crippen molar-refractivity contribution in [2.45, 2.75) is 44.1 Å². The van der Waals surface area contributed by atoms with Crippen LogP contribution in [0.4, 0.5) is 0 Å². The Morgan fingerprint density at radius 1 is 1.19 bits per heavy atom. The highest BCUT2D eigenvalue weighted by molar-refractivity contribution is 7.99. The molecule has 0 unspecified atom stereocenters. The average molecular weight is 243 g/mol. The molecular formula is C10H17N3O2S. The summed E-state index contributed by atoms with van der Waals surface area (Å²) in [5, 5.41) is 6.26. The molecule has 0 aliphatic heterocycles. The lowest BCUT2D eigenvalue weighted by Gasteiger charge is -1.99. The van der Waals surface area contributed by atoms with Gasteiger partial charge in [-0.05, 0) is 12.2 Å². The minimum atomic E-state index is -0.558. The summed E-state index contributed by atoms with van der Waals surface area (Å²) in [6.45, 7) is 2.18. The molecular weight excluding hydrogens is 226 g/mol. The van der Waals surface area contributed by atoms with E-state index in [4.69, 9.17) is 0 Å². The van der Waals surface area contributed by atoms with Gasteiger partial charge in [0.2, 0.25) is 0 Å². The fourth-order valence-electron chi connectivity index (χ4n) is 1.31. The fraction of sp³-hybridized carbons (Fsp3) is 0.700. The van der Waals surface area contributed by atoms with Crippen LogP contribution in [-0.2, 0) is 0 Å². The predicted molar refractivity (Wildman–Crippen MR) is 65.0 cm³/mol. The Kier molecular flexibility index (Phi) is 5.92. The van der Waals surface area contributed by atoms with Crippen molar-refractivity contribution < 1.29 is 0 Å². The SMILES string of the molecule is CCCCCCCSc1n[nH]c(=O)[nH]c1=O. The van der Waals surface area contributed by atoms with Crippen LogP contribution in [0.3, 0.4) is 0 Å². The van der Waals surface area contributed by atoms with Crippen molar-refractivity contribution in [1.29, 1.82) is 0 Å². The molecule has 1 aromatic rings. The first kappa shape index (κ1) is 13.0. The van der Waals surface area contributed by atoms with Gasteiger partial charge in [0, 0.05) is 0 Å². The van der Waals surface area contributed by atoms with Crippen molar-refractivity contribution in [3.63, 3.8) is 0 Å². The summed E-state index contributed by atoms with van der Waals surface area (Å²) >= 11 is 1.39. The number of aromatic nitrogens is 3. The number of unbranched alkanes of at least 4 members (excludes halogenated alkanes) is 4. The average Bonchev–Trinajstić information content (AvgIpc) is 2.26. The molecule has 0 spiro atoms. The third-order valence-electron chi connectivity index (χ3n) is 2.17. The highest BCUT2D eigenvalue weighted by Crippen LogP contribution is 2.12. The Balaban J connectivity index is 2.27. The lowest BCUT2D eigenvalue weighted by molar-refractivity contribution is 0.659. The molecule has 0 fully saturated rings. The van der Waals surface area contributed by atoms with E-state index >= 15 is 0 Å². The summed E-state index contributed by atoms with van der Waals surface area (Å²) in [7, 11) is 0. The molecule has 0 aliphatic rings. The van der Waals surface area contributed by atoms with Crippen molar-refractivity contribution >= 4 is 11.8 Å². The molecule has 0 aromatic carbocycles. The van der Waals surface area contributed by atoms with Crippen molar-refractivity contribution in [1.82, 2.24) is 15.2 Å². The number of hydrogen-bond donors (Lipinski definition) is 2. The van der Waals surface area contributed by atoms with Crippen molar-refractivity contribution in [3.8, 4) is 0 Å². The molecule has 0 aliphatic carbocycles. The van der Waals surface area contributed by atoms with E-state index in [0.717, 1.165) is 12.2 Å². The van der Waals surface area contributed by atoms with Crippen LogP contribution in [0.1, 0.15) is 39.0 Å². The van der Waals surface area contributed by atoms with Gasteiger partial charge in [0.15, 0.2) is 5.03 Å². The highest BCUT2D eigenvalue weighted by Gasteiger charge is 2.02. The normalized spacial score (nSPS) is 10.6. The standard InChI is InChI=1S/C10H17N3O2S/c1-2-3-4-5-6-7-16-9-8(14)11-10(15)13-12-9/h2-7H2,1H3,(H2,11,13,14,15). The van der Waals surface area contributed by atoms with Crippen LogP contribution in [0, 0.1) is 0 Å². The van der Waals surface area contributed by atoms with E-state index in [-0.39, 0.29) is 0 Å². The summed E-state index contributed by atoms with van der Waals surface area (Å²) in [6.07, 6.45) is 6.00. The first-order valence-electron chi connectivity index (χ1n) is 5.56. The van der Waals surface area contributed by atoms with Crippen LogP contribution in [0.2, 0.25) is 0 Å². The van der Waals surface area contributed by atoms with Gasteiger partial charge in [-0.1, -0.05) is 44.4 Å². The second kappa shape index (κ2) is 7.27. The zero-order valence-electron chi connectivity index (χ0n) is 9.41. The molecule has 0 amide bonds. The van der Waals surface area contributed by atoms with Gasteiger partial charge >= 0.3 is 5.69 Å². The summed E-state index contributed by atoms with van der Waals surface area (Å²) in [5.74, 6) is 0.867. The van der Waals surface area contributed by atoms with Crippen LogP contribution in [-0.4, -0.2) is 20.9 Å². The van der Waals surface area contributed by atoms with E-state index in [0.29, 0.717) is 5.03 Å². The maximum Gasteiger partial charge on any atom is 0.342 e. The summed E-state index contributed by atoms with van der Waals surface area (Å²) in [4.78, 5) is 24.1. The van der Waals surface area contributed by atoms with Gasteiger partial charge in [0.25, 0.3) is 5.56 Å². The predicted octanol–water partition coefficient (Wildman–Crippen LogP) is 1.52. The minimum absolute atomic E-state index is 0.343. The lowest BCUT2D eigenvalue weighted by Crippen LogP contribution is -2.25. The van der Waals surface area contributed by atoms with Gasteiger partial charge in [0.1, 0.15) is 0 Å². The Labute approximate surface area is 98.1 Å². The Morgan fingerprint density at radius 3 is 2.62 bits per heavy atom. The smallest absolute Gasteiger partial charge is 0.271 e. The second-order valence-corrected chi connectivity index (χ2v) is 4.66. The number of aromatic amines is 2. The molecule has 0 bridgehead atoms. The Morgan fingerprint density at radius 2 is 1.94 bits per heavy atom. The highest BCUT2D eigenvalue weighted by atomic mass is 32.2. The quantitative estimate of drug-likeness (QED) is 0.562. The molecule has 1 aromatic heterocycles. The van der Waals surface area contributed by atoms with Gasteiger partial charge in [-0.15, -0.1) is 0 Å². The molecule has 1 rings (SSSR count). The van der Waals surface area contributed by atoms with Crippen molar-refractivity contribution in [3.05, 3.63) is 20.8 Å². The fourth-order valence-corrected chi connectivity index (χ4v) is 2.14.